The summed E-state index contributed by atoms with van der Waals surface area (Å²) in [6, 6.07) is 8.97. The first-order valence-electron chi connectivity index (χ1n) is 6.72. The molecule has 20 heavy (non-hydrogen) atoms. The summed E-state index contributed by atoms with van der Waals surface area (Å²) in [6.07, 6.45) is -0.600. The van der Waals surface area contributed by atoms with Crippen LogP contribution >= 0.6 is 0 Å². The Bertz CT molecular complexity index is 395. The maximum atomic E-state index is 11.5. The van der Waals surface area contributed by atoms with Crippen molar-refractivity contribution in [3.63, 3.8) is 0 Å². The molecule has 1 aromatic carbocycles. The highest BCUT2D eigenvalue weighted by molar-refractivity contribution is 5.70. The van der Waals surface area contributed by atoms with Crippen molar-refractivity contribution in [2.75, 3.05) is 34.3 Å². The topological polar surface area (TPSA) is 61.8 Å². The van der Waals surface area contributed by atoms with Crippen LogP contribution in [0.3, 0.4) is 0 Å². The lowest BCUT2D eigenvalue weighted by molar-refractivity contribution is -0.142. The van der Waals surface area contributed by atoms with Crippen molar-refractivity contribution in [3.8, 4) is 0 Å². The van der Waals surface area contributed by atoms with E-state index in [-0.39, 0.29) is 18.4 Å². The average Bonchev–Trinajstić information content (AvgIpc) is 2.45. The third kappa shape index (κ3) is 5.69. The van der Waals surface area contributed by atoms with E-state index in [1.54, 1.807) is 0 Å². The summed E-state index contributed by atoms with van der Waals surface area (Å²) < 4.78 is 4.69. The van der Waals surface area contributed by atoms with Crippen LogP contribution in [-0.2, 0) is 9.53 Å². The first-order chi connectivity index (χ1) is 9.54. The van der Waals surface area contributed by atoms with Crippen molar-refractivity contribution in [3.05, 3.63) is 35.9 Å². The van der Waals surface area contributed by atoms with E-state index >= 15 is 0 Å². The summed E-state index contributed by atoms with van der Waals surface area (Å²) in [5, 5.41) is 13.6. The Labute approximate surface area is 120 Å². The number of benzene rings is 1. The maximum absolute atomic E-state index is 11.5. The quantitative estimate of drug-likeness (QED) is 0.690. The first-order valence-corrected chi connectivity index (χ1v) is 6.72. The second kappa shape index (κ2) is 8.68. The maximum Gasteiger partial charge on any atom is 0.307 e. The smallest absolute Gasteiger partial charge is 0.307 e. The van der Waals surface area contributed by atoms with Crippen molar-refractivity contribution < 1.29 is 14.6 Å². The molecule has 0 saturated heterocycles. The second-order valence-corrected chi connectivity index (χ2v) is 5.00. The molecule has 0 spiro atoms. The molecule has 2 N–H and O–H groups in total. The van der Waals surface area contributed by atoms with Gasteiger partial charge in [0.1, 0.15) is 0 Å². The van der Waals surface area contributed by atoms with Crippen LogP contribution in [0.15, 0.2) is 30.3 Å². The Kier molecular flexibility index (Phi) is 7.22. The van der Waals surface area contributed by atoms with Gasteiger partial charge in [-0.3, -0.25) is 4.79 Å². The highest BCUT2D eigenvalue weighted by atomic mass is 16.5. The summed E-state index contributed by atoms with van der Waals surface area (Å²) in [5.74, 6) is -0.331. The molecule has 0 saturated carbocycles. The molecule has 1 rings (SSSR count). The molecular formula is C15H24N2O3. The molecule has 0 fully saturated rings. The van der Waals surface area contributed by atoms with Crippen molar-refractivity contribution in [1.82, 2.24) is 10.2 Å². The van der Waals surface area contributed by atoms with E-state index in [0.29, 0.717) is 6.54 Å². The predicted octanol–water partition coefficient (Wildman–Crippen LogP) is 0.803. The van der Waals surface area contributed by atoms with Gasteiger partial charge in [-0.1, -0.05) is 30.3 Å². The highest BCUT2D eigenvalue weighted by Crippen LogP contribution is 2.18. The number of rotatable bonds is 8. The molecule has 0 radical (unpaired) electrons. The van der Waals surface area contributed by atoms with E-state index in [1.807, 2.05) is 49.3 Å². The van der Waals surface area contributed by atoms with Crippen molar-refractivity contribution in [2.24, 2.45) is 0 Å². The minimum Gasteiger partial charge on any atom is -0.469 e. The van der Waals surface area contributed by atoms with Gasteiger partial charge in [0.25, 0.3) is 0 Å². The molecule has 0 aliphatic heterocycles. The Hall–Kier alpha value is -1.43. The lowest BCUT2D eigenvalue weighted by Gasteiger charge is -2.24. The van der Waals surface area contributed by atoms with Crippen LogP contribution in [0.2, 0.25) is 0 Å². The fraction of sp³-hybridized carbons (Fsp3) is 0.533. The monoisotopic (exact) mass is 280 g/mol. The molecule has 0 bridgehead atoms. The normalized spacial score (nSPS) is 14.1. The van der Waals surface area contributed by atoms with E-state index in [9.17, 15) is 9.90 Å². The summed E-state index contributed by atoms with van der Waals surface area (Å²) in [6.45, 7) is 1.53. The van der Waals surface area contributed by atoms with Gasteiger partial charge in [0.15, 0.2) is 0 Å². The molecule has 0 aromatic heterocycles. The summed E-state index contributed by atoms with van der Waals surface area (Å²) >= 11 is 0. The minimum atomic E-state index is -0.738. The molecule has 5 heteroatoms. The van der Waals surface area contributed by atoms with Gasteiger partial charge in [0.2, 0.25) is 0 Å². The molecule has 5 nitrogen and oxygen atoms in total. The third-order valence-electron chi connectivity index (χ3n) is 3.10. The fourth-order valence-electron chi connectivity index (χ4n) is 1.91. The number of likely N-dealkylation sites (N-methyl/N-ethyl adjacent to an activating group) is 1. The number of methoxy groups -OCH3 is 1. The van der Waals surface area contributed by atoms with E-state index in [0.717, 1.165) is 12.1 Å². The van der Waals surface area contributed by atoms with E-state index in [2.05, 4.69) is 5.32 Å². The molecule has 2 unspecified atom stereocenters. The lowest BCUT2D eigenvalue weighted by Crippen LogP contribution is -2.40. The largest absolute Gasteiger partial charge is 0.469 e. The SMILES string of the molecule is COC(=O)CC(NCCN(C)C)C(O)c1ccccc1. The number of carbonyl (C=O) groups is 1. The Morgan fingerprint density at radius 2 is 2.00 bits per heavy atom. The van der Waals surface area contributed by atoms with Crippen molar-refractivity contribution >= 4 is 5.97 Å². The average molecular weight is 280 g/mol. The zero-order chi connectivity index (χ0) is 15.0. The molecule has 2 atom stereocenters. The van der Waals surface area contributed by atoms with Gasteiger partial charge < -0.3 is 20.1 Å². The van der Waals surface area contributed by atoms with Gasteiger partial charge >= 0.3 is 5.97 Å². The molecule has 0 amide bonds. The van der Waals surface area contributed by atoms with Crippen LogP contribution in [-0.4, -0.2) is 56.3 Å². The van der Waals surface area contributed by atoms with Crippen LogP contribution in [0.1, 0.15) is 18.1 Å². The lowest BCUT2D eigenvalue weighted by atomic mass is 9.99. The molecule has 0 heterocycles. The van der Waals surface area contributed by atoms with E-state index in [1.165, 1.54) is 7.11 Å². The van der Waals surface area contributed by atoms with E-state index < -0.39 is 6.10 Å². The van der Waals surface area contributed by atoms with Crippen LogP contribution in [0.25, 0.3) is 0 Å². The zero-order valence-electron chi connectivity index (χ0n) is 12.4. The van der Waals surface area contributed by atoms with Crippen LogP contribution in [0.5, 0.6) is 0 Å². The number of ether oxygens (including phenoxy) is 1. The van der Waals surface area contributed by atoms with Crippen molar-refractivity contribution in [1.29, 1.82) is 0 Å². The van der Waals surface area contributed by atoms with Gasteiger partial charge in [0, 0.05) is 19.1 Å². The summed E-state index contributed by atoms with van der Waals surface area (Å²) in [7, 11) is 5.31. The number of aliphatic hydroxyl groups is 1. The highest BCUT2D eigenvalue weighted by Gasteiger charge is 2.23. The zero-order valence-corrected chi connectivity index (χ0v) is 12.4. The number of aliphatic hydroxyl groups excluding tert-OH is 1. The number of carbonyl (C=O) groups excluding carboxylic acids is 1. The standard InChI is InChI=1S/C15H24N2O3/c1-17(2)10-9-16-13(11-14(18)20-3)15(19)12-7-5-4-6-8-12/h4-8,13,15-16,19H,9-11H2,1-3H3. The summed E-state index contributed by atoms with van der Waals surface area (Å²) in [5.41, 5.74) is 0.791. The molecule has 0 aliphatic rings. The number of hydrogen-bond acceptors (Lipinski definition) is 5. The van der Waals surface area contributed by atoms with Crippen LogP contribution in [0.4, 0.5) is 0 Å². The first kappa shape index (κ1) is 16.6. The van der Waals surface area contributed by atoms with Crippen molar-refractivity contribution in [2.45, 2.75) is 18.6 Å². The molecule has 0 aliphatic carbocycles. The number of nitrogens with one attached hydrogen (secondary N) is 1. The summed E-state index contributed by atoms with van der Waals surface area (Å²) in [4.78, 5) is 13.5. The number of esters is 1. The Balaban J connectivity index is 2.67. The number of nitrogens with zero attached hydrogens (tertiary/aromatic N) is 1. The van der Waals surface area contributed by atoms with E-state index in [4.69, 9.17) is 4.74 Å². The molecular weight excluding hydrogens is 256 g/mol. The Morgan fingerprint density at radius 1 is 1.35 bits per heavy atom. The third-order valence-corrected chi connectivity index (χ3v) is 3.10. The van der Waals surface area contributed by atoms with Gasteiger partial charge in [-0.2, -0.15) is 0 Å². The minimum absolute atomic E-state index is 0.139. The predicted molar refractivity (Wildman–Crippen MR) is 78.4 cm³/mol. The van der Waals surface area contributed by atoms with Crippen LogP contribution in [0, 0.1) is 0 Å². The molecule has 1 aromatic rings. The van der Waals surface area contributed by atoms with Gasteiger partial charge in [0.05, 0.1) is 19.6 Å². The fourth-order valence-corrected chi connectivity index (χ4v) is 1.91. The second-order valence-electron chi connectivity index (χ2n) is 5.00. The van der Waals surface area contributed by atoms with Gasteiger partial charge in [-0.15, -0.1) is 0 Å². The van der Waals surface area contributed by atoms with Gasteiger partial charge in [-0.25, -0.2) is 0 Å². The Morgan fingerprint density at radius 3 is 2.55 bits per heavy atom. The number of hydrogen-bond donors (Lipinski definition) is 2. The van der Waals surface area contributed by atoms with Crippen LogP contribution < -0.4 is 5.32 Å². The molecule has 112 valence electrons. The van der Waals surface area contributed by atoms with Gasteiger partial charge in [-0.05, 0) is 19.7 Å².